The van der Waals surface area contributed by atoms with Gasteiger partial charge in [-0.05, 0) is 23.1 Å². The van der Waals surface area contributed by atoms with E-state index in [9.17, 15) is 13.2 Å². The lowest BCUT2D eigenvalue weighted by molar-refractivity contribution is -0.140. The molecule has 0 N–H and O–H groups in total. The number of hydrogen-bond donors (Lipinski definition) is 0. The molecule has 0 radical (unpaired) electrons. The molecule has 3 aromatic rings. The Labute approximate surface area is 148 Å². The number of benzene rings is 1. The van der Waals surface area contributed by atoms with Crippen molar-refractivity contribution in [3.05, 3.63) is 65.7 Å². The van der Waals surface area contributed by atoms with Gasteiger partial charge in [0.1, 0.15) is 0 Å². The molecule has 2 atom stereocenters. The van der Waals surface area contributed by atoms with Gasteiger partial charge in [0.2, 0.25) is 0 Å². The zero-order valence-electron chi connectivity index (χ0n) is 14.2. The molecule has 2 aromatic heterocycles. The van der Waals surface area contributed by atoms with E-state index in [1.165, 1.54) is 12.1 Å². The fourth-order valence-corrected chi connectivity index (χ4v) is 3.68. The van der Waals surface area contributed by atoms with Gasteiger partial charge in [0.05, 0.1) is 5.56 Å². The van der Waals surface area contributed by atoms with E-state index in [-0.39, 0.29) is 28.7 Å². The Morgan fingerprint density at radius 3 is 2.42 bits per heavy atom. The number of alkyl halides is 3. The minimum Gasteiger partial charge on any atom is -0.334 e. The maximum atomic E-state index is 13.2. The second-order valence-electron chi connectivity index (χ2n) is 7.04. The summed E-state index contributed by atoms with van der Waals surface area (Å²) in [5, 5.41) is 3.97. The Morgan fingerprint density at radius 1 is 1.00 bits per heavy atom. The Morgan fingerprint density at radius 2 is 1.73 bits per heavy atom. The smallest absolute Gasteiger partial charge is 0.334 e. The van der Waals surface area contributed by atoms with Crippen LogP contribution in [0.2, 0.25) is 0 Å². The molecular weight excluding hydrogens is 343 g/mol. The molecule has 0 aliphatic heterocycles. The Kier molecular flexibility index (Phi) is 3.64. The zero-order valence-corrected chi connectivity index (χ0v) is 14.2. The quantitative estimate of drug-likeness (QED) is 0.656. The summed E-state index contributed by atoms with van der Waals surface area (Å²) in [4.78, 5) is 7.70. The van der Waals surface area contributed by atoms with Gasteiger partial charge in [0.25, 0.3) is 5.89 Å². The number of pyridine rings is 1. The average molecular weight is 359 g/mol. The van der Waals surface area contributed by atoms with Gasteiger partial charge >= 0.3 is 6.18 Å². The predicted molar refractivity (Wildman–Crippen MR) is 88.2 cm³/mol. The van der Waals surface area contributed by atoms with Gasteiger partial charge < -0.3 is 4.52 Å². The monoisotopic (exact) mass is 359 g/mol. The number of halogens is 3. The van der Waals surface area contributed by atoms with E-state index >= 15 is 0 Å². The van der Waals surface area contributed by atoms with E-state index in [0.29, 0.717) is 5.82 Å². The summed E-state index contributed by atoms with van der Waals surface area (Å²) in [5.74, 6) is 0.462. The highest BCUT2D eigenvalue weighted by atomic mass is 19.4. The van der Waals surface area contributed by atoms with Crippen LogP contribution in [0.3, 0.4) is 0 Å². The maximum absolute atomic E-state index is 13.2. The Bertz CT molecular complexity index is 934. The minimum atomic E-state index is -4.59. The van der Waals surface area contributed by atoms with Crippen molar-refractivity contribution in [1.82, 2.24) is 15.1 Å². The van der Waals surface area contributed by atoms with Crippen LogP contribution in [-0.4, -0.2) is 15.1 Å². The van der Waals surface area contributed by atoms with Gasteiger partial charge in [-0.1, -0.05) is 49.3 Å². The molecule has 1 aromatic carbocycles. The molecule has 0 amide bonds. The molecular formula is C19H16F3N3O. The maximum Gasteiger partial charge on any atom is 0.434 e. The standard InChI is InChI=1S/C19H16F3N3O/c1-18(2)13(11-7-4-3-5-8-11)14(18)16-24-17(26-25-16)12-9-6-10-23-15(12)19(20,21)22/h3-10,13-14H,1-2H3/t13-,14+/m0/s1. The topological polar surface area (TPSA) is 51.8 Å². The Balaban J connectivity index is 1.69. The lowest BCUT2D eigenvalue weighted by atomic mass is 10.0. The summed E-state index contributed by atoms with van der Waals surface area (Å²) in [6.45, 7) is 4.19. The number of aromatic nitrogens is 3. The highest BCUT2D eigenvalue weighted by Crippen LogP contribution is 2.69. The highest BCUT2D eigenvalue weighted by Gasteiger charge is 2.61. The summed E-state index contributed by atoms with van der Waals surface area (Å²) in [6.07, 6.45) is -3.49. The van der Waals surface area contributed by atoms with Crippen LogP contribution in [0.5, 0.6) is 0 Å². The van der Waals surface area contributed by atoms with Crippen LogP contribution in [0.4, 0.5) is 13.2 Å². The molecule has 7 heteroatoms. The van der Waals surface area contributed by atoms with Gasteiger partial charge in [-0.3, -0.25) is 4.98 Å². The van der Waals surface area contributed by atoms with Gasteiger partial charge in [-0.15, -0.1) is 0 Å². The van der Waals surface area contributed by atoms with Crippen molar-refractivity contribution in [2.45, 2.75) is 31.9 Å². The molecule has 0 spiro atoms. The number of hydrogen-bond acceptors (Lipinski definition) is 4. The molecule has 26 heavy (non-hydrogen) atoms. The second kappa shape index (κ2) is 5.65. The Hall–Kier alpha value is -2.70. The first kappa shape index (κ1) is 16.8. The van der Waals surface area contributed by atoms with Gasteiger partial charge in [0.15, 0.2) is 11.5 Å². The van der Waals surface area contributed by atoms with E-state index in [2.05, 4.69) is 29.0 Å². The first-order valence-corrected chi connectivity index (χ1v) is 8.21. The predicted octanol–water partition coefficient (Wildman–Crippen LogP) is 5.06. The van der Waals surface area contributed by atoms with Crippen molar-refractivity contribution in [2.75, 3.05) is 0 Å². The van der Waals surface area contributed by atoms with E-state index in [0.717, 1.165) is 11.8 Å². The van der Waals surface area contributed by atoms with Crippen molar-refractivity contribution in [3.63, 3.8) is 0 Å². The number of nitrogens with zero attached hydrogens (tertiary/aromatic N) is 3. The molecule has 2 heterocycles. The molecule has 0 saturated heterocycles. The summed E-state index contributed by atoms with van der Waals surface area (Å²) >= 11 is 0. The van der Waals surface area contributed by atoms with Crippen molar-refractivity contribution in [1.29, 1.82) is 0 Å². The lowest BCUT2D eigenvalue weighted by Crippen LogP contribution is -2.09. The third-order valence-corrected chi connectivity index (χ3v) is 5.01. The normalized spacial score (nSPS) is 21.6. The molecule has 1 aliphatic carbocycles. The first-order valence-electron chi connectivity index (χ1n) is 8.21. The first-order chi connectivity index (χ1) is 12.3. The van der Waals surface area contributed by atoms with Crippen LogP contribution in [0.15, 0.2) is 53.2 Å². The van der Waals surface area contributed by atoms with Crippen LogP contribution in [0, 0.1) is 5.41 Å². The van der Waals surface area contributed by atoms with Crippen LogP contribution in [0.1, 0.15) is 42.8 Å². The summed E-state index contributed by atoms with van der Waals surface area (Å²) in [6, 6.07) is 12.7. The minimum absolute atomic E-state index is 0.00610. The molecule has 0 unspecified atom stereocenters. The number of rotatable bonds is 3. The van der Waals surface area contributed by atoms with Crippen molar-refractivity contribution >= 4 is 0 Å². The fourth-order valence-electron chi connectivity index (χ4n) is 3.68. The summed E-state index contributed by atoms with van der Waals surface area (Å²) < 4.78 is 44.7. The van der Waals surface area contributed by atoms with E-state index in [1.807, 2.05) is 30.3 Å². The van der Waals surface area contributed by atoms with Crippen molar-refractivity contribution in [3.8, 4) is 11.5 Å². The fraction of sp³-hybridized carbons (Fsp3) is 0.316. The van der Waals surface area contributed by atoms with Crippen LogP contribution < -0.4 is 0 Å². The molecule has 1 fully saturated rings. The van der Waals surface area contributed by atoms with E-state index < -0.39 is 11.9 Å². The van der Waals surface area contributed by atoms with Gasteiger partial charge in [-0.25, -0.2) is 0 Å². The average Bonchev–Trinajstić information content (AvgIpc) is 2.95. The summed E-state index contributed by atoms with van der Waals surface area (Å²) in [5.41, 5.74) is -0.158. The van der Waals surface area contributed by atoms with Crippen molar-refractivity contribution in [2.24, 2.45) is 5.41 Å². The molecule has 4 rings (SSSR count). The van der Waals surface area contributed by atoms with Crippen LogP contribution in [0.25, 0.3) is 11.5 Å². The van der Waals surface area contributed by atoms with Crippen LogP contribution >= 0.6 is 0 Å². The zero-order chi connectivity index (χ0) is 18.5. The van der Waals surface area contributed by atoms with Crippen molar-refractivity contribution < 1.29 is 17.7 Å². The molecule has 1 aliphatic rings. The SMILES string of the molecule is CC1(C)[C@@H](c2ccccc2)[C@@H]1c1noc(-c2cccnc2C(F)(F)F)n1. The third-order valence-electron chi connectivity index (χ3n) is 5.01. The lowest BCUT2D eigenvalue weighted by Gasteiger charge is -2.07. The molecule has 0 bridgehead atoms. The molecule has 1 saturated carbocycles. The van der Waals surface area contributed by atoms with E-state index in [4.69, 9.17) is 4.52 Å². The largest absolute Gasteiger partial charge is 0.434 e. The summed E-state index contributed by atoms with van der Waals surface area (Å²) in [7, 11) is 0. The molecule has 134 valence electrons. The highest BCUT2D eigenvalue weighted by molar-refractivity contribution is 5.57. The second-order valence-corrected chi connectivity index (χ2v) is 7.04. The van der Waals surface area contributed by atoms with Gasteiger partial charge in [0, 0.05) is 18.0 Å². The van der Waals surface area contributed by atoms with Crippen LogP contribution in [-0.2, 0) is 6.18 Å². The van der Waals surface area contributed by atoms with Gasteiger partial charge in [-0.2, -0.15) is 18.2 Å². The van der Waals surface area contributed by atoms with E-state index in [1.54, 1.807) is 0 Å². The molecule has 4 nitrogen and oxygen atoms in total. The third kappa shape index (κ3) is 2.67.